The summed E-state index contributed by atoms with van der Waals surface area (Å²) in [5.41, 5.74) is 3.78. The number of para-hydroxylation sites is 1. The van der Waals surface area contributed by atoms with Gasteiger partial charge in [-0.1, -0.05) is 31.2 Å². The van der Waals surface area contributed by atoms with Crippen LogP contribution in [0, 0.1) is 6.92 Å². The van der Waals surface area contributed by atoms with Crippen LogP contribution in [0.4, 0.5) is 5.69 Å². The molecule has 144 valence electrons. The summed E-state index contributed by atoms with van der Waals surface area (Å²) < 4.78 is 4.79. The number of hydrogen-bond donors (Lipinski definition) is 1. The van der Waals surface area contributed by atoms with Crippen LogP contribution in [0.25, 0.3) is 10.8 Å². The Morgan fingerprint density at radius 3 is 2.28 bits per heavy atom. The number of aliphatic hydroxyl groups excluding tert-OH is 1. The van der Waals surface area contributed by atoms with E-state index in [2.05, 4.69) is 0 Å². The molecule has 1 atom stereocenters. The first kappa shape index (κ1) is 17.6. The summed E-state index contributed by atoms with van der Waals surface area (Å²) in [7, 11) is 0. The highest BCUT2D eigenvalue weighted by Gasteiger charge is 2.39. The van der Waals surface area contributed by atoms with E-state index in [1.807, 2.05) is 32.0 Å². The van der Waals surface area contributed by atoms with Gasteiger partial charge in [0, 0.05) is 21.9 Å². The summed E-state index contributed by atoms with van der Waals surface area (Å²) >= 11 is 0. The normalized spacial score (nSPS) is 17.7. The van der Waals surface area contributed by atoms with Crippen molar-refractivity contribution in [3.63, 3.8) is 0 Å². The zero-order valence-electron chi connectivity index (χ0n) is 15.9. The monoisotopic (exact) mass is 387 g/mol. The second-order valence-electron chi connectivity index (χ2n) is 7.28. The molecule has 0 saturated carbocycles. The minimum absolute atomic E-state index is 0.221. The van der Waals surface area contributed by atoms with Crippen LogP contribution in [-0.2, 0) is 11.2 Å². The first-order chi connectivity index (χ1) is 13.9. The molecule has 0 fully saturated rings. The first-order valence-electron chi connectivity index (χ1n) is 9.40. The molecule has 1 N–H and O–H groups in total. The van der Waals surface area contributed by atoms with Gasteiger partial charge in [0.25, 0.3) is 5.91 Å². The average molecular weight is 387 g/mol. The summed E-state index contributed by atoms with van der Waals surface area (Å²) in [5.74, 6) is -1.87. The second kappa shape index (κ2) is 5.99. The van der Waals surface area contributed by atoms with Gasteiger partial charge in [-0.3, -0.25) is 9.69 Å². The number of ether oxygens (including phenoxy) is 1. The van der Waals surface area contributed by atoms with E-state index >= 15 is 0 Å². The Hall–Kier alpha value is -3.51. The SMILES string of the molecule is CCc1cccc(C)c1N1C(=O)c2ccc3c4c(ccc(c24)C1O)C(=O)OC3=O. The number of benzene rings is 3. The number of hydrogen-bond acceptors (Lipinski definition) is 5. The van der Waals surface area contributed by atoms with Gasteiger partial charge in [0.2, 0.25) is 0 Å². The molecule has 2 aliphatic heterocycles. The Bertz CT molecular complexity index is 1240. The van der Waals surface area contributed by atoms with E-state index < -0.39 is 18.2 Å². The van der Waals surface area contributed by atoms with Crippen LogP contribution in [0.1, 0.15) is 60.9 Å². The lowest BCUT2D eigenvalue weighted by Gasteiger charge is -2.36. The van der Waals surface area contributed by atoms with Crippen molar-refractivity contribution in [2.75, 3.05) is 4.90 Å². The van der Waals surface area contributed by atoms with E-state index in [1.165, 1.54) is 17.0 Å². The summed E-state index contributed by atoms with van der Waals surface area (Å²) in [6.45, 7) is 3.90. The van der Waals surface area contributed by atoms with Gasteiger partial charge in [0.15, 0.2) is 6.23 Å². The average Bonchev–Trinajstić information content (AvgIpc) is 2.71. The van der Waals surface area contributed by atoms with Crippen molar-refractivity contribution in [1.82, 2.24) is 0 Å². The van der Waals surface area contributed by atoms with Gasteiger partial charge in [0.1, 0.15) is 0 Å². The zero-order valence-corrected chi connectivity index (χ0v) is 15.9. The van der Waals surface area contributed by atoms with Gasteiger partial charge in [-0.2, -0.15) is 0 Å². The van der Waals surface area contributed by atoms with E-state index in [1.54, 1.807) is 12.1 Å². The molecule has 1 amide bonds. The van der Waals surface area contributed by atoms with Gasteiger partial charge in [0.05, 0.1) is 16.8 Å². The number of carbonyl (C=O) groups excluding carboxylic acids is 3. The molecule has 0 bridgehead atoms. The van der Waals surface area contributed by atoms with Crippen molar-refractivity contribution < 1.29 is 24.2 Å². The molecule has 0 aromatic heterocycles. The molecule has 6 heteroatoms. The fourth-order valence-electron chi connectivity index (χ4n) is 4.40. The van der Waals surface area contributed by atoms with E-state index in [9.17, 15) is 19.5 Å². The van der Waals surface area contributed by atoms with Crippen LogP contribution in [-0.4, -0.2) is 23.0 Å². The molecule has 2 heterocycles. The van der Waals surface area contributed by atoms with Crippen molar-refractivity contribution in [2.24, 2.45) is 0 Å². The Labute approximate surface area is 166 Å². The summed E-state index contributed by atoms with van der Waals surface area (Å²) in [6.07, 6.45) is -0.535. The lowest BCUT2D eigenvalue weighted by atomic mass is 9.86. The van der Waals surface area contributed by atoms with Crippen LogP contribution < -0.4 is 4.90 Å². The molecule has 1 unspecified atom stereocenters. The van der Waals surface area contributed by atoms with Crippen LogP contribution in [0.2, 0.25) is 0 Å². The molecule has 3 aromatic rings. The van der Waals surface area contributed by atoms with Crippen molar-refractivity contribution in [2.45, 2.75) is 26.5 Å². The third kappa shape index (κ3) is 2.23. The zero-order chi connectivity index (χ0) is 20.4. The molecule has 0 spiro atoms. The standard InChI is InChI=1S/C23H17NO5/c1-3-12-6-4-5-11(2)19(12)24-20(25)13-7-9-15-18-16(23(28)29-22(15)27)10-8-14(17(13)18)21(24)26/h4-10,20,25H,3H2,1-2H3. The van der Waals surface area contributed by atoms with Crippen molar-refractivity contribution in [3.05, 3.63) is 75.8 Å². The highest BCUT2D eigenvalue weighted by Crippen LogP contribution is 2.43. The van der Waals surface area contributed by atoms with Gasteiger partial charge in [-0.05, 0) is 42.7 Å². The number of carbonyl (C=O) groups is 3. The number of aryl methyl sites for hydroxylation is 2. The predicted octanol–water partition coefficient (Wildman–Crippen LogP) is 3.67. The number of amides is 1. The molecular weight excluding hydrogens is 370 g/mol. The maximum absolute atomic E-state index is 13.5. The quantitative estimate of drug-likeness (QED) is 0.536. The fourth-order valence-corrected chi connectivity index (χ4v) is 4.40. The maximum atomic E-state index is 13.5. The highest BCUT2D eigenvalue weighted by atomic mass is 16.6. The van der Waals surface area contributed by atoms with E-state index in [-0.39, 0.29) is 17.0 Å². The third-order valence-corrected chi connectivity index (χ3v) is 5.73. The number of esters is 2. The molecule has 0 saturated heterocycles. The Kier molecular flexibility index (Phi) is 3.63. The van der Waals surface area contributed by atoms with Crippen molar-refractivity contribution in [3.8, 4) is 0 Å². The maximum Gasteiger partial charge on any atom is 0.346 e. The Morgan fingerprint density at radius 2 is 1.59 bits per heavy atom. The van der Waals surface area contributed by atoms with Gasteiger partial charge >= 0.3 is 11.9 Å². The largest absolute Gasteiger partial charge is 0.386 e. The van der Waals surface area contributed by atoms with E-state index in [0.717, 1.165) is 11.1 Å². The number of rotatable bonds is 2. The lowest BCUT2D eigenvalue weighted by molar-refractivity contribution is 0.0390. The topological polar surface area (TPSA) is 83.9 Å². The molecule has 2 aliphatic rings. The van der Waals surface area contributed by atoms with Crippen molar-refractivity contribution in [1.29, 1.82) is 0 Å². The first-order valence-corrected chi connectivity index (χ1v) is 9.40. The predicted molar refractivity (Wildman–Crippen MR) is 106 cm³/mol. The number of nitrogens with zero attached hydrogens (tertiary/aromatic N) is 1. The molecular formula is C23H17NO5. The van der Waals surface area contributed by atoms with Gasteiger partial charge in [-0.25, -0.2) is 9.59 Å². The van der Waals surface area contributed by atoms with Crippen LogP contribution in [0.5, 0.6) is 0 Å². The molecule has 3 aromatic carbocycles. The number of aliphatic hydroxyl groups is 1. The number of anilines is 1. The summed E-state index contributed by atoms with van der Waals surface area (Å²) in [4.78, 5) is 39.3. The fraction of sp³-hybridized carbons (Fsp3) is 0.174. The minimum atomic E-state index is -1.24. The van der Waals surface area contributed by atoms with E-state index in [0.29, 0.717) is 34.0 Å². The molecule has 0 radical (unpaired) electrons. The van der Waals surface area contributed by atoms with Crippen LogP contribution in [0.3, 0.4) is 0 Å². The Balaban J connectivity index is 1.82. The molecule has 29 heavy (non-hydrogen) atoms. The van der Waals surface area contributed by atoms with Crippen molar-refractivity contribution >= 4 is 34.3 Å². The smallest absolute Gasteiger partial charge is 0.346 e. The number of cyclic esters (lactones) is 2. The van der Waals surface area contributed by atoms with Crippen LogP contribution >= 0.6 is 0 Å². The Morgan fingerprint density at radius 1 is 0.931 bits per heavy atom. The summed E-state index contributed by atoms with van der Waals surface area (Å²) in [5, 5.41) is 12.0. The molecule has 0 aliphatic carbocycles. The highest BCUT2D eigenvalue weighted by molar-refractivity contribution is 6.27. The van der Waals surface area contributed by atoms with Crippen LogP contribution in [0.15, 0.2) is 42.5 Å². The van der Waals surface area contributed by atoms with E-state index in [4.69, 9.17) is 4.74 Å². The third-order valence-electron chi connectivity index (χ3n) is 5.73. The molecule has 6 nitrogen and oxygen atoms in total. The molecule has 5 rings (SSSR count). The second-order valence-corrected chi connectivity index (χ2v) is 7.28. The lowest BCUT2D eigenvalue weighted by Crippen LogP contribution is -2.40. The minimum Gasteiger partial charge on any atom is -0.386 e. The summed E-state index contributed by atoms with van der Waals surface area (Å²) in [6, 6.07) is 12.0. The van der Waals surface area contributed by atoms with Gasteiger partial charge in [-0.15, -0.1) is 0 Å². The van der Waals surface area contributed by atoms with Gasteiger partial charge < -0.3 is 9.84 Å².